The van der Waals surface area contributed by atoms with Crippen LogP contribution in [0.1, 0.15) is 56.9 Å². The van der Waals surface area contributed by atoms with Gasteiger partial charge in [-0.15, -0.1) is 0 Å². The van der Waals surface area contributed by atoms with Crippen LogP contribution < -0.4 is 0 Å². The quantitative estimate of drug-likeness (QED) is 0.555. The molecule has 1 amide bonds. The number of rotatable bonds is 6. The highest BCUT2D eigenvalue weighted by molar-refractivity contribution is 6.06. The molecule has 1 aromatic carbocycles. The van der Waals surface area contributed by atoms with Crippen LogP contribution in [0.25, 0.3) is 0 Å². The van der Waals surface area contributed by atoms with Crippen molar-refractivity contribution in [1.29, 1.82) is 0 Å². The maximum absolute atomic E-state index is 13.2. The molecule has 1 aliphatic carbocycles. The predicted octanol–water partition coefficient (Wildman–Crippen LogP) is 3.26. The lowest BCUT2D eigenvalue weighted by Crippen LogP contribution is -2.41. The second-order valence-electron chi connectivity index (χ2n) is 7.83. The molecule has 3 rings (SSSR count). The van der Waals surface area contributed by atoms with Gasteiger partial charge in [-0.2, -0.15) is 0 Å². The molecule has 2 aromatic rings. The first-order chi connectivity index (χ1) is 13.7. The van der Waals surface area contributed by atoms with E-state index in [0.717, 1.165) is 12.0 Å². The standard InChI is InChI=1S/C23H28N2O4/c1-13-19(14(2)24(4)20(13)23(28)29-6)21(26)15(3)25(5)22(27)18-12-17(18)16-10-8-7-9-11-16/h7-11,15,17-18H,12H2,1-6H3/t15-,17-,18+/m0/s1. The minimum Gasteiger partial charge on any atom is -0.464 e. The molecule has 1 saturated carbocycles. The van der Waals surface area contributed by atoms with Crippen LogP contribution in [0, 0.1) is 19.8 Å². The number of hydrogen-bond acceptors (Lipinski definition) is 4. The topological polar surface area (TPSA) is 68.6 Å². The molecule has 0 radical (unpaired) electrons. The van der Waals surface area contributed by atoms with Crippen molar-refractivity contribution in [2.45, 2.75) is 39.2 Å². The van der Waals surface area contributed by atoms with Gasteiger partial charge in [0.1, 0.15) is 5.69 Å². The third-order valence-electron chi connectivity index (χ3n) is 6.20. The van der Waals surface area contributed by atoms with Crippen LogP contribution in [0.2, 0.25) is 0 Å². The zero-order chi connectivity index (χ0) is 21.5. The number of hydrogen-bond donors (Lipinski definition) is 0. The molecule has 0 spiro atoms. The van der Waals surface area contributed by atoms with Gasteiger partial charge >= 0.3 is 5.97 Å². The molecule has 1 fully saturated rings. The zero-order valence-corrected chi connectivity index (χ0v) is 17.9. The van der Waals surface area contributed by atoms with Crippen LogP contribution in [-0.4, -0.2) is 47.3 Å². The molecule has 0 N–H and O–H groups in total. The van der Waals surface area contributed by atoms with Crippen molar-refractivity contribution in [1.82, 2.24) is 9.47 Å². The number of methoxy groups -OCH3 is 1. The number of esters is 1. The summed E-state index contributed by atoms with van der Waals surface area (Å²) in [5.74, 6) is -0.522. The van der Waals surface area contributed by atoms with Crippen molar-refractivity contribution in [3.8, 4) is 0 Å². The number of ketones is 1. The smallest absolute Gasteiger partial charge is 0.354 e. The maximum atomic E-state index is 13.2. The molecule has 0 unspecified atom stereocenters. The summed E-state index contributed by atoms with van der Waals surface area (Å²) >= 11 is 0. The summed E-state index contributed by atoms with van der Waals surface area (Å²) < 4.78 is 6.53. The third kappa shape index (κ3) is 3.59. The van der Waals surface area contributed by atoms with E-state index in [1.54, 1.807) is 44.3 Å². The molecular weight excluding hydrogens is 368 g/mol. The van der Waals surface area contributed by atoms with Gasteiger partial charge in [-0.05, 0) is 44.2 Å². The molecule has 0 saturated heterocycles. The van der Waals surface area contributed by atoms with Crippen molar-refractivity contribution in [3.63, 3.8) is 0 Å². The number of benzene rings is 1. The summed E-state index contributed by atoms with van der Waals surface area (Å²) in [7, 11) is 4.74. The van der Waals surface area contributed by atoms with Crippen LogP contribution in [-0.2, 0) is 16.6 Å². The van der Waals surface area contributed by atoms with Gasteiger partial charge in [-0.1, -0.05) is 30.3 Å². The summed E-state index contributed by atoms with van der Waals surface area (Å²) in [5.41, 5.74) is 3.28. The number of aromatic nitrogens is 1. The Morgan fingerprint density at radius 1 is 1.17 bits per heavy atom. The molecule has 1 heterocycles. The van der Waals surface area contributed by atoms with E-state index >= 15 is 0 Å². The van der Waals surface area contributed by atoms with Crippen molar-refractivity contribution in [3.05, 3.63) is 58.4 Å². The SMILES string of the molecule is COC(=O)c1c(C)c(C(=O)[C@H](C)N(C)C(=O)[C@@H]2C[C@H]2c2ccccc2)c(C)n1C. The van der Waals surface area contributed by atoms with Crippen molar-refractivity contribution < 1.29 is 19.1 Å². The van der Waals surface area contributed by atoms with E-state index in [2.05, 4.69) is 0 Å². The van der Waals surface area contributed by atoms with E-state index in [0.29, 0.717) is 22.5 Å². The Morgan fingerprint density at radius 2 is 1.79 bits per heavy atom. The van der Waals surface area contributed by atoms with E-state index in [4.69, 9.17) is 4.74 Å². The molecule has 1 aromatic heterocycles. The molecule has 29 heavy (non-hydrogen) atoms. The minimum atomic E-state index is -0.621. The van der Waals surface area contributed by atoms with Crippen LogP contribution in [0.5, 0.6) is 0 Å². The van der Waals surface area contributed by atoms with E-state index in [1.165, 1.54) is 7.11 Å². The lowest BCUT2D eigenvalue weighted by Gasteiger charge is -2.24. The van der Waals surface area contributed by atoms with Gasteiger partial charge in [-0.3, -0.25) is 9.59 Å². The van der Waals surface area contributed by atoms with Crippen LogP contribution in [0.4, 0.5) is 0 Å². The van der Waals surface area contributed by atoms with Gasteiger partial charge in [0.05, 0.1) is 13.2 Å². The fraction of sp³-hybridized carbons (Fsp3) is 0.435. The fourth-order valence-electron chi connectivity index (χ4n) is 4.10. The second kappa shape index (κ2) is 7.85. The molecule has 1 aliphatic rings. The van der Waals surface area contributed by atoms with E-state index in [1.807, 2.05) is 30.3 Å². The van der Waals surface area contributed by atoms with Gasteiger partial charge in [-0.25, -0.2) is 4.79 Å². The minimum absolute atomic E-state index is 0.0147. The van der Waals surface area contributed by atoms with E-state index in [9.17, 15) is 14.4 Å². The van der Waals surface area contributed by atoms with Crippen molar-refractivity contribution in [2.75, 3.05) is 14.2 Å². The summed E-state index contributed by atoms with van der Waals surface area (Å²) in [6.45, 7) is 5.28. The number of ether oxygens (including phenoxy) is 1. The largest absolute Gasteiger partial charge is 0.464 e. The first kappa shape index (κ1) is 20.8. The first-order valence-electron chi connectivity index (χ1n) is 9.80. The van der Waals surface area contributed by atoms with Gasteiger partial charge in [0, 0.05) is 31.3 Å². The Morgan fingerprint density at radius 3 is 2.38 bits per heavy atom. The second-order valence-corrected chi connectivity index (χ2v) is 7.83. The molecule has 3 atom stereocenters. The van der Waals surface area contributed by atoms with E-state index in [-0.39, 0.29) is 23.5 Å². The highest BCUT2D eigenvalue weighted by atomic mass is 16.5. The number of amides is 1. The molecule has 6 heteroatoms. The van der Waals surface area contributed by atoms with Gasteiger partial charge in [0.2, 0.25) is 5.91 Å². The number of carbonyl (C=O) groups excluding carboxylic acids is 3. The average molecular weight is 396 g/mol. The lowest BCUT2D eigenvalue weighted by molar-refractivity contribution is -0.132. The predicted molar refractivity (Wildman–Crippen MR) is 110 cm³/mol. The number of carbonyl (C=O) groups is 3. The number of nitrogens with zero attached hydrogens (tertiary/aromatic N) is 2. The number of Topliss-reactive ketones (excluding diaryl/α,β-unsaturated/α-hetero) is 1. The molecule has 0 aliphatic heterocycles. The third-order valence-corrected chi connectivity index (χ3v) is 6.20. The average Bonchev–Trinajstić information content (AvgIpc) is 3.49. The monoisotopic (exact) mass is 396 g/mol. The van der Waals surface area contributed by atoms with Gasteiger partial charge in [0.25, 0.3) is 0 Å². The fourth-order valence-corrected chi connectivity index (χ4v) is 4.10. The summed E-state index contributed by atoms with van der Waals surface area (Å²) in [4.78, 5) is 39.8. The molecule has 0 bridgehead atoms. The van der Waals surface area contributed by atoms with Crippen LogP contribution in [0.15, 0.2) is 30.3 Å². The van der Waals surface area contributed by atoms with Crippen LogP contribution >= 0.6 is 0 Å². The van der Waals surface area contributed by atoms with E-state index < -0.39 is 12.0 Å². The van der Waals surface area contributed by atoms with Gasteiger partial charge in [0.15, 0.2) is 5.78 Å². The van der Waals surface area contributed by atoms with Gasteiger partial charge < -0.3 is 14.2 Å². The summed E-state index contributed by atoms with van der Waals surface area (Å²) in [6, 6.07) is 9.37. The summed E-state index contributed by atoms with van der Waals surface area (Å²) in [5, 5.41) is 0. The lowest BCUT2D eigenvalue weighted by atomic mass is 9.99. The molecule has 154 valence electrons. The Balaban J connectivity index is 1.79. The Labute approximate surface area is 171 Å². The molecular formula is C23H28N2O4. The van der Waals surface area contributed by atoms with Crippen molar-refractivity contribution in [2.24, 2.45) is 13.0 Å². The number of likely N-dealkylation sites (N-methyl/N-ethyl adjacent to an activating group) is 1. The first-order valence-corrected chi connectivity index (χ1v) is 9.80. The molecule has 6 nitrogen and oxygen atoms in total. The van der Waals surface area contributed by atoms with Crippen molar-refractivity contribution >= 4 is 17.7 Å². The normalized spacial score (nSPS) is 18.8. The Bertz CT molecular complexity index is 961. The summed E-state index contributed by atoms with van der Waals surface area (Å²) in [6.07, 6.45) is 0.810. The highest BCUT2D eigenvalue weighted by Gasteiger charge is 2.46. The van der Waals surface area contributed by atoms with Crippen LogP contribution in [0.3, 0.4) is 0 Å². The highest BCUT2D eigenvalue weighted by Crippen LogP contribution is 2.48. The Kier molecular flexibility index (Phi) is 5.64. The maximum Gasteiger partial charge on any atom is 0.354 e. The zero-order valence-electron chi connectivity index (χ0n) is 17.9. The Hall–Kier alpha value is -2.89.